The summed E-state index contributed by atoms with van der Waals surface area (Å²) in [4.78, 5) is 26.1. The normalized spacial score (nSPS) is 16.0. The maximum Gasteiger partial charge on any atom is 0.341 e. The number of aromatic nitrogens is 2. The van der Waals surface area contributed by atoms with E-state index < -0.39 is 0 Å². The van der Waals surface area contributed by atoms with E-state index in [1.54, 1.807) is 6.92 Å². The Bertz CT molecular complexity index is 834. The molecule has 3 N–H and O–H groups in total. The fraction of sp³-hybridized carbons (Fsp3) is 0.529. The summed E-state index contributed by atoms with van der Waals surface area (Å²) in [6, 6.07) is 0. The van der Waals surface area contributed by atoms with Crippen LogP contribution in [0.3, 0.4) is 0 Å². The van der Waals surface area contributed by atoms with Gasteiger partial charge in [0.05, 0.1) is 17.9 Å². The fourth-order valence-electron chi connectivity index (χ4n) is 3.08. The molecule has 0 aromatic carbocycles. The van der Waals surface area contributed by atoms with Gasteiger partial charge in [-0.15, -0.1) is 21.5 Å². The average Bonchev–Trinajstić information content (AvgIpc) is 3.22. The van der Waals surface area contributed by atoms with Crippen LogP contribution in [0, 0.1) is 5.92 Å². The number of amides is 1. The van der Waals surface area contributed by atoms with E-state index in [2.05, 4.69) is 22.4 Å². The molecule has 0 saturated carbocycles. The van der Waals surface area contributed by atoms with Crippen molar-refractivity contribution in [3.8, 4) is 0 Å². The Labute approximate surface area is 170 Å². The molecule has 0 radical (unpaired) electrons. The van der Waals surface area contributed by atoms with E-state index in [0.29, 0.717) is 32.6 Å². The molecule has 0 spiro atoms. The summed E-state index contributed by atoms with van der Waals surface area (Å²) in [7, 11) is 0. The maximum absolute atomic E-state index is 12.5. The molecule has 2 aromatic heterocycles. The molecule has 0 aliphatic heterocycles. The molecule has 10 heteroatoms. The summed E-state index contributed by atoms with van der Waals surface area (Å²) in [6.07, 6.45) is 3.99. The van der Waals surface area contributed by atoms with Gasteiger partial charge in [0.25, 0.3) is 0 Å². The van der Waals surface area contributed by atoms with Crippen molar-refractivity contribution < 1.29 is 14.3 Å². The second kappa shape index (κ2) is 9.03. The van der Waals surface area contributed by atoms with Gasteiger partial charge in [0.2, 0.25) is 11.0 Å². The van der Waals surface area contributed by atoms with Crippen LogP contribution in [-0.2, 0) is 22.4 Å². The molecule has 27 heavy (non-hydrogen) atoms. The predicted octanol–water partition coefficient (Wildman–Crippen LogP) is 3.60. The number of nitrogens with one attached hydrogen (secondary N) is 1. The van der Waals surface area contributed by atoms with E-state index in [1.165, 1.54) is 39.3 Å². The first-order valence-corrected chi connectivity index (χ1v) is 11.5. The van der Waals surface area contributed by atoms with Gasteiger partial charge in [0.15, 0.2) is 4.34 Å². The van der Waals surface area contributed by atoms with Crippen LogP contribution >= 0.6 is 34.4 Å². The number of ether oxygens (including phenoxy) is 1. The van der Waals surface area contributed by atoms with Crippen molar-refractivity contribution in [1.29, 1.82) is 0 Å². The van der Waals surface area contributed by atoms with Crippen LogP contribution in [0.2, 0.25) is 0 Å². The number of nitrogens with two attached hydrogens (primary N) is 1. The van der Waals surface area contributed by atoms with Crippen LogP contribution in [0.15, 0.2) is 4.34 Å². The first kappa shape index (κ1) is 20.1. The summed E-state index contributed by atoms with van der Waals surface area (Å²) in [5.41, 5.74) is 7.13. The summed E-state index contributed by atoms with van der Waals surface area (Å²) in [5.74, 6) is 0.264. The first-order chi connectivity index (χ1) is 13.0. The van der Waals surface area contributed by atoms with Crippen LogP contribution in [0.1, 0.15) is 47.5 Å². The van der Waals surface area contributed by atoms with Crippen LogP contribution in [0.4, 0.5) is 10.1 Å². The number of anilines is 2. The molecule has 1 atom stereocenters. The highest BCUT2D eigenvalue weighted by Crippen LogP contribution is 2.41. The summed E-state index contributed by atoms with van der Waals surface area (Å²) in [6.45, 7) is 4.28. The molecule has 3 rings (SSSR count). The van der Waals surface area contributed by atoms with Gasteiger partial charge in [-0.1, -0.05) is 36.4 Å². The Balaban J connectivity index is 1.75. The molecule has 1 unspecified atom stereocenters. The Morgan fingerprint density at radius 2 is 2.15 bits per heavy atom. The zero-order valence-corrected chi connectivity index (χ0v) is 17.7. The Morgan fingerprint density at radius 1 is 1.33 bits per heavy atom. The number of hydrogen-bond acceptors (Lipinski definition) is 9. The molecule has 1 amide bonds. The number of hydrogen-bond donors (Lipinski definition) is 2. The minimum absolute atomic E-state index is 0.178. The number of thiophene rings is 1. The molecule has 1 aliphatic carbocycles. The van der Waals surface area contributed by atoms with Crippen molar-refractivity contribution in [2.45, 2.75) is 43.9 Å². The first-order valence-electron chi connectivity index (χ1n) is 8.85. The highest BCUT2D eigenvalue weighted by molar-refractivity contribution is 8.01. The topological polar surface area (TPSA) is 107 Å². The summed E-state index contributed by atoms with van der Waals surface area (Å²) in [5, 5.41) is 11.5. The zero-order chi connectivity index (χ0) is 19.4. The molecular formula is C17H22N4O3S3. The molecular weight excluding hydrogens is 404 g/mol. The molecule has 7 nitrogen and oxygen atoms in total. The van der Waals surface area contributed by atoms with Gasteiger partial charge in [-0.2, -0.15) is 0 Å². The average molecular weight is 427 g/mol. The summed E-state index contributed by atoms with van der Waals surface area (Å²) >= 11 is 4.02. The third-order valence-electron chi connectivity index (χ3n) is 4.43. The molecule has 146 valence electrons. The van der Waals surface area contributed by atoms with Gasteiger partial charge >= 0.3 is 5.97 Å². The Morgan fingerprint density at radius 3 is 2.81 bits per heavy atom. The molecule has 0 saturated heterocycles. The highest BCUT2D eigenvalue weighted by Gasteiger charge is 2.29. The predicted molar refractivity (Wildman–Crippen MR) is 110 cm³/mol. The zero-order valence-electron chi connectivity index (χ0n) is 15.2. The van der Waals surface area contributed by atoms with Gasteiger partial charge in [-0.3, -0.25) is 4.79 Å². The second-order valence-corrected chi connectivity index (χ2v) is 9.53. The van der Waals surface area contributed by atoms with Crippen molar-refractivity contribution in [3.05, 3.63) is 16.0 Å². The van der Waals surface area contributed by atoms with E-state index >= 15 is 0 Å². The quantitative estimate of drug-likeness (QED) is 0.514. The van der Waals surface area contributed by atoms with E-state index in [9.17, 15) is 9.59 Å². The molecule has 0 bridgehead atoms. The van der Waals surface area contributed by atoms with Gasteiger partial charge in [-0.25, -0.2) is 4.79 Å². The fourth-order valence-corrected chi connectivity index (χ4v) is 5.88. The lowest BCUT2D eigenvalue weighted by atomic mass is 9.85. The Kier molecular flexibility index (Phi) is 6.72. The molecule has 1 aliphatic rings. The van der Waals surface area contributed by atoms with Crippen molar-refractivity contribution in [2.75, 3.05) is 23.4 Å². The van der Waals surface area contributed by atoms with Crippen LogP contribution in [-0.4, -0.2) is 34.4 Å². The number of rotatable bonds is 7. The van der Waals surface area contributed by atoms with E-state index in [1.807, 2.05) is 0 Å². The van der Waals surface area contributed by atoms with Crippen molar-refractivity contribution in [2.24, 2.45) is 5.92 Å². The highest BCUT2D eigenvalue weighted by atomic mass is 32.2. The van der Waals surface area contributed by atoms with E-state index in [-0.39, 0.29) is 17.6 Å². The standard InChI is InChI=1S/C17H22N4O3S3/c1-3-9-5-6-10-11(7-9)26-14(13(10)15(23)24-4-2)19-12(22)8-25-17-21-20-16(18)27-17/h9H,3-8H2,1-2H3,(H2,18,20)(H,19,22). The molecule has 0 fully saturated rings. The second-order valence-electron chi connectivity index (χ2n) is 6.19. The minimum Gasteiger partial charge on any atom is -0.462 e. The lowest BCUT2D eigenvalue weighted by Crippen LogP contribution is -2.18. The molecule has 2 aromatic rings. The van der Waals surface area contributed by atoms with Crippen molar-refractivity contribution >= 4 is 56.4 Å². The molecule has 2 heterocycles. The van der Waals surface area contributed by atoms with Gasteiger partial charge in [0, 0.05) is 4.88 Å². The minimum atomic E-state index is -0.357. The maximum atomic E-state index is 12.5. The van der Waals surface area contributed by atoms with Crippen molar-refractivity contribution in [3.63, 3.8) is 0 Å². The van der Waals surface area contributed by atoms with Crippen molar-refractivity contribution in [1.82, 2.24) is 10.2 Å². The number of esters is 1. The number of nitrogen functional groups attached to an aromatic ring is 1. The van der Waals surface area contributed by atoms with E-state index in [0.717, 1.165) is 31.2 Å². The number of carbonyl (C=O) groups excluding carboxylic acids is 2. The van der Waals surface area contributed by atoms with Gasteiger partial charge < -0.3 is 15.8 Å². The number of carbonyl (C=O) groups is 2. The number of fused-ring (bicyclic) bond motifs is 1. The SMILES string of the molecule is CCOC(=O)c1c(NC(=O)CSc2nnc(N)s2)sc2c1CCC(CC)C2. The van der Waals surface area contributed by atoms with Crippen LogP contribution in [0.5, 0.6) is 0 Å². The number of thioether (sulfide) groups is 1. The monoisotopic (exact) mass is 426 g/mol. The summed E-state index contributed by atoms with van der Waals surface area (Å²) < 4.78 is 5.88. The Hall–Kier alpha value is -1.65. The largest absolute Gasteiger partial charge is 0.462 e. The van der Waals surface area contributed by atoms with E-state index in [4.69, 9.17) is 10.5 Å². The third kappa shape index (κ3) is 4.80. The van der Waals surface area contributed by atoms with Crippen LogP contribution in [0.25, 0.3) is 0 Å². The third-order valence-corrected chi connectivity index (χ3v) is 7.48. The van der Waals surface area contributed by atoms with Gasteiger partial charge in [0.1, 0.15) is 5.00 Å². The lowest BCUT2D eigenvalue weighted by molar-refractivity contribution is -0.113. The van der Waals surface area contributed by atoms with Gasteiger partial charge in [-0.05, 0) is 37.7 Å². The number of nitrogens with zero attached hydrogens (tertiary/aromatic N) is 2. The lowest BCUT2D eigenvalue weighted by Gasteiger charge is -2.20. The van der Waals surface area contributed by atoms with Crippen LogP contribution < -0.4 is 11.1 Å². The smallest absolute Gasteiger partial charge is 0.341 e.